The third-order valence-corrected chi connectivity index (χ3v) is 4.37. The van der Waals surface area contributed by atoms with Gasteiger partial charge in [0, 0.05) is 5.69 Å². The molecule has 3 aromatic carbocycles. The summed E-state index contributed by atoms with van der Waals surface area (Å²) in [7, 11) is 0. The highest BCUT2D eigenvalue weighted by Gasteiger charge is 2.14. The molecule has 26 heavy (non-hydrogen) atoms. The highest BCUT2D eigenvalue weighted by Crippen LogP contribution is 2.27. The quantitative estimate of drug-likeness (QED) is 0.609. The largest absolute Gasteiger partial charge is 0.508 e. The first kappa shape index (κ1) is 17.7. The van der Waals surface area contributed by atoms with E-state index in [-0.39, 0.29) is 17.5 Å². The fraction of sp³-hybridized carbons (Fsp3) is 0.136. The molecule has 0 aliphatic rings. The number of benzene rings is 3. The van der Waals surface area contributed by atoms with Gasteiger partial charge in [0.25, 0.3) is 0 Å². The van der Waals surface area contributed by atoms with Crippen molar-refractivity contribution in [3.8, 4) is 5.75 Å². The van der Waals surface area contributed by atoms with Crippen LogP contribution in [0.25, 0.3) is 0 Å². The van der Waals surface area contributed by atoms with E-state index < -0.39 is 0 Å². The van der Waals surface area contributed by atoms with Crippen LogP contribution < -0.4 is 5.32 Å². The minimum atomic E-state index is -0.262. The van der Waals surface area contributed by atoms with Gasteiger partial charge in [0.05, 0.1) is 0 Å². The molecule has 3 nitrogen and oxygen atoms in total. The molecule has 0 aromatic heterocycles. The summed E-state index contributed by atoms with van der Waals surface area (Å²) in [5.41, 5.74) is 3.86. The molecule has 0 fully saturated rings. The number of hydrogen-bond donors (Lipinski definition) is 2. The first-order valence-corrected chi connectivity index (χ1v) is 8.46. The number of rotatable bonds is 7. The van der Waals surface area contributed by atoms with Gasteiger partial charge in [0.1, 0.15) is 11.6 Å². The van der Waals surface area contributed by atoms with E-state index in [9.17, 15) is 14.3 Å². The summed E-state index contributed by atoms with van der Waals surface area (Å²) in [6, 6.07) is 21.4. The summed E-state index contributed by atoms with van der Waals surface area (Å²) in [6.45, 7) is 0. The zero-order valence-corrected chi connectivity index (χ0v) is 14.2. The normalized spacial score (nSPS) is 11.7. The van der Waals surface area contributed by atoms with Crippen LogP contribution in [0.4, 0.5) is 10.1 Å². The Morgan fingerprint density at radius 3 is 2.23 bits per heavy atom. The monoisotopic (exact) mass is 349 g/mol. The third kappa shape index (κ3) is 4.70. The van der Waals surface area contributed by atoms with Gasteiger partial charge in [-0.2, -0.15) is 0 Å². The maximum atomic E-state index is 13.3. The van der Waals surface area contributed by atoms with Crippen molar-refractivity contribution in [1.82, 2.24) is 0 Å². The van der Waals surface area contributed by atoms with Gasteiger partial charge >= 0.3 is 0 Å². The summed E-state index contributed by atoms with van der Waals surface area (Å²) in [6.07, 6.45) is 2.10. The van der Waals surface area contributed by atoms with E-state index in [1.54, 1.807) is 24.3 Å². The molecule has 1 amide bonds. The second-order valence-corrected chi connectivity index (χ2v) is 6.29. The van der Waals surface area contributed by atoms with Gasteiger partial charge in [0.15, 0.2) is 0 Å². The minimum absolute atomic E-state index is 0.115. The number of halogens is 1. The van der Waals surface area contributed by atoms with Crippen molar-refractivity contribution in [3.05, 3.63) is 95.3 Å². The lowest BCUT2D eigenvalue weighted by atomic mass is 9.86. The lowest BCUT2D eigenvalue weighted by Gasteiger charge is -2.18. The molecular weight excluding hydrogens is 329 g/mol. The Bertz CT molecular complexity index is 877. The van der Waals surface area contributed by atoms with E-state index in [4.69, 9.17) is 0 Å². The molecule has 2 N–H and O–H groups in total. The van der Waals surface area contributed by atoms with Crippen molar-refractivity contribution < 1.29 is 14.3 Å². The SMILES string of the molecule is O=CNc1cccc(CC(Cc2cccc(O)c2)c2ccc(F)cc2)c1. The molecule has 0 bridgehead atoms. The second kappa shape index (κ2) is 8.30. The van der Waals surface area contributed by atoms with Crippen LogP contribution in [0.1, 0.15) is 22.6 Å². The Kier molecular flexibility index (Phi) is 5.64. The number of amides is 1. The van der Waals surface area contributed by atoms with Crippen molar-refractivity contribution in [2.75, 3.05) is 5.32 Å². The van der Waals surface area contributed by atoms with Crippen LogP contribution in [0.5, 0.6) is 5.75 Å². The van der Waals surface area contributed by atoms with Crippen molar-refractivity contribution in [2.24, 2.45) is 0 Å². The number of phenols is 1. The molecule has 1 atom stereocenters. The van der Waals surface area contributed by atoms with E-state index >= 15 is 0 Å². The molecule has 3 aromatic rings. The number of anilines is 1. The smallest absolute Gasteiger partial charge is 0.211 e. The van der Waals surface area contributed by atoms with Crippen molar-refractivity contribution in [2.45, 2.75) is 18.8 Å². The number of hydrogen-bond acceptors (Lipinski definition) is 2. The predicted molar refractivity (Wildman–Crippen MR) is 101 cm³/mol. The molecule has 0 aliphatic heterocycles. The lowest BCUT2D eigenvalue weighted by molar-refractivity contribution is -0.105. The van der Waals surface area contributed by atoms with Crippen LogP contribution in [0, 0.1) is 5.82 Å². The lowest BCUT2D eigenvalue weighted by Crippen LogP contribution is -2.07. The second-order valence-electron chi connectivity index (χ2n) is 6.29. The fourth-order valence-electron chi connectivity index (χ4n) is 3.15. The van der Waals surface area contributed by atoms with Gasteiger partial charge in [-0.25, -0.2) is 4.39 Å². The number of aromatic hydroxyl groups is 1. The third-order valence-electron chi connectivity index (χ3n) is 4.37. The summed E-state index contributed by atoms with van der Waals surface area (Å²) in [4.78, 5) is 10.7. The van der Waals surface area contributed by atoms with Crippen LogP contribution in [-0.4, -0.2) is 11.5 Å². The standard InChI is InChI=1S/C22H20FNO2/c23-20-9-7-18(8-10-20)19(12-17-4-2-6-22(26)14-17)11-16-3-1-5-21(13-16)24-15-25/h1-10,13-15,19,26H,11-12H2,(H,24,25). The number of nitrogens with one attached hydrogen (secondary N) is 1. The Morgan fingerprint density at radius 2 is 1.58 bits per heavy atom. The van der Waals surface area contributed by atoms with E-state index in [1.165, 1.54) is 12.1 Å². The first-order chi connectivity index (χ1) is 12.6. The highest BCUT2D eigenvalue weighted by molar-refractivity contribution is 5.71. The number of carbonyl (C=O) groups is 1. The average molecular weight is 349 g/mol. The van der Waals surface area contributed by atoms with Crippen molar-refractivity contribution >= 4 is 12.1 Å². The summed E-state index contributed by atoms with van der Waals surface area (Å²) >= 11 is 0. The van der Waals surface area contributed by atoms with Gasteiger partial charge in [-0.1, -0.05) is 36.4 Å². The van der Waals surface area contributed by atoms with Gasteiger partial charge in [-0.05, 0) is 71.8 Å². The van der Waals surface area contributed by atoms with Gasteiger partial charge < -0.3 is 10.4 Å². The van der Waals surface area contributed by atoms with Crippen LogP contribution in [0.15, 0.2) is 72.8 Å². The molecule has 0 heterocycles. The van der Waals surface area contributed by atoms with Gasteiger partial charge in [0.2, 0.25) is 6.41 Å². The van der Waals surface area contributed by atoms with E-state index in [0.29, 0.717) is 12.8 Å². The van der Waals surface area contributed by atoms with Gasteiger partial charge in [-0.15, -0.1) is 0 Å². The topological polar surface area (TPSA) is 49.3 Å². The Hall–Kier alpha value is -3.14. The zero-order chi connectivity index (χ0) is 18.4. The van der Waals surface area contributed by atoms with E-state index in [2.05, 4.69) is 5.32 Å². The maximum Gasteiger partial charge on any atom is 0.211 e. The molecule has 3 rings (SSSR count). The Morgan fingerprint density at radius 1 is 0.923 bits per heavy atom. The van der Waals surface area contributed by atoms with Crippen LogP contribution in [-0.2, 0) is 17.6 Å². The zero-order valence-electron chi connectivity index (χ0n) is 14.2. The molecule has 132 valence electrons. The highest BCUT2D eigenvalue weighted by atomic mass is 19.1. The van der Waals surface area contributed by atoms with Crippen molar-refractivity contribution in [1.29, 1.82) is 0 Å². The van der Waals surface area contributed by atoms with Crippen LogP contribution in [0.2, 0.25) is 0 Å². The molecule has 1 unspecified atom stereocenters. The molecule has 0 saturated heterocycles. The molecule has 0 spiro atoms. The fourth-order valence-corrected chi connectivity index (χ4v) is 3.15. The van der Waals surface area contributed by atoms with E-state index in [1.807, 2.05) is 36.4 Å². The minimum Gasteiger partial charge on any atom is -0.508 e. The Balaban J connectivity index is 1.88. The summed E-state index contributed by atoms with van der Waals surface area (Å²) in [5, 5.41) is 12.4. The molecule has 0 saturated carbocycles. The predicted octanol–water partition coefficient (Wildman–Crippen LogP) is 4.67. The molecule has 4 heteroatoms. The first-order valence-electron chi connectivity index (χ1n) is 8.46. The number of phenolic OH excluding ortho intramolecular Hbond substituents is 1. The molecule has 0 aliphatic carbocycles. The van der Waals surface area contributed by atoms with Crippen LogP contribution >= 0.6 is 0 Å². The van der Waals surface area contributed by atoms with E-state index in [0.717, 1.165) is 28.8 Å². The number of carbonyl (C=O) groups excluding carboxylic acids is 1. The molecular formula is C22H20FNO2. The van der Waals surface area contributed by atoms with Crippen molar-refractivity contribution in [3.63, 3.8) is 0 Å². The van der Waals surface area contributed by atoms with Crippen LogP contribution in [0.3, 0.4) is 0 Å². The Labute approximate surface area is 152 Å². The average Bonchev–Trinajstić information content (AvgIpc) is 2.63. The summed E-state index contributed by atoms with van der Waals surface area (Å²) in [5.74, 6) is 0.0865. The maximum absolute atomic E-state index is 13.3. The van der Waals surface area contributed by atoms with Gasteiger partial charge in [-0.3, -0.25) is 4.79 Å². The molecule has 0 radical (unpaired) electrons. The summed E-state index contributed by atoms with van der Waals surface area (Å²) < 4.78 is 13.3.